The number of benzene rings is 1. The molecule has 1 atom stereocenters. The Morgan fingerprint density at radius 3 is 2.71 bits per heavy atom. The molecule has 28 heavy (non-hydrogen) atoms. The second-order valence-electron chi connectivity index (χ2n) is 6.81. The summed E-state index contributed by atoms with van der Waals surface area (Å²) in [7, 11) is 3.08. The summed E-state index contributed by atoms with van der Waals surface area (Å²) in [5.74, 6) is 0.527. The van der Waals surface area contributed by atoms with Crippen molar-refractivity contribution in [2.24, 2.45) is 0 Å². The van der Waals surface area contributed by atoms with Gasteiger partial charge in [0.05, 0.1) is 19.1 Å². The minimum Gasteiger partial charge on any atom is -0.497 e. The van der Waals surface area contributed by atoms with E-state index in [1.54, 1.807) is 36.3 Å². The Morgan fingerprint density at radius 2 is 2.04 bits per heavy atom. The standard InChI is InChI=1S/C20H24N2O5S/c1-13-6-4-5-9-21(13)18(23)12-22-19(24)17(28-20(22)25)11-14-10-15(26-2)7-8-16(14)27-3/h7-8,10-11,13H,4-6,9,12H2,1-3H3/b17-11-/t13-/m0/s1. The monoisotopic (exact) mass is 404 g/mol. The van der Waals surface area contributed by atoms with E-state index >= 15 is 0 Å². The highest BCUT2D eigenvalue weighted by atomic mass is 32.2. The summed E-state index contributed by atoms with van der Waals surface area (Å²) in [4.78, 5) is 40.8. The number of methoxy groups -OCH3 is 2. The van der Waals surface area contributed by atoms with Gasteiger partial charge in [0.25, 0.3) is 11.1 Å². The summed E-state index contributed by atoms with van der Waals surface area (Å²) in [5, 5.41) is -0.434. The van der Waals surface area contributed by atoms with E-state index in [-0.39, 0.29) is 23.4 Å². The van der Waals surface area contributed by atoms with Crippen LogP contribution in [-0.2, 0) is 9.59 Å². The number of amides is 3. The Balaban J connectivity index is 1.78. The number of carbonyl (C=O) groups excluding carboxylic acids is 3. The van der Waals surface area contributed by atoms with Crippen molar-refractivity contribution in [2.45, 2.75) is 32.2 Å². The highest BCUT2D eigenvalue weighted by Crippen LogP contribution is 2.35. The first kappa shape index (κ1) is 20.3. The van der Waals surface area contributed by atoms with Crippen LogP contribution in [0.1, 0.15) is 31.7 Å². The molecule has 2 aliphatic rings. The van der Waals surface area contributed by atoms with Gasteiger partial charge in [-0.05, 0) is 62.2 Å². The van der Waals surface area contributed by atoms with Gasteiger partial charge in [0, 0.05) is 18.2 Å². The Bertz CT molecular complexity index is 823. The molecule has 2 saturated heterocycles. The quantitative estimate of drug-likeness (QED) is 0.702. The van der Waals surface area contributed by atoms with Gasteiger partial charge >= 0.3 is 0 Å². The lowest BCUT2D eigenvalue weighted by Crippen LogP contribution is -2.47. The molecule has 0 aliphatic carbocycles. The van der Waals surface area contributed by atoms with E-state index in [0.29, 0.717) is 23.6 Å². The maximum absolute atomic E-state index is 12.7. The van der Waals surface area contributed by atoms with Gasteiger partial charge < -0.3 is 14.4 Å². The van der Waals surface area contributed by atoms with Crippen LogP contribution in [0.4, 0.5) is 4.79 Å². The van der Waals surface area contributed by atoms with Gasteiger partial charge in [0.2, 0.25) is 5.91 Å². The van der Waals surface area contributed by atoms with E-state index in [1.807, 2.05) is 6.92 Å². The molecule has 2 heterocycles. The molecule has 3 rings (SSSR count). The number of rotatable bonds is 5. The zero-order valence-electron chi connectivity index (χ0n) is 16.3. The number of piperidine rings is 1. The third-order valence-electron chi connectivity index (χ3n) is 5.01. The predicted octanol–water partition coefficient (Wildman–Crippen LogP) is 3.14. The number of hydrogen-bond donors (Lipinski definition) is 0. The molecule has 2 fully saturated rings. The van der Waals surface area contributed by atoms with Crippen molar-refractivity contribution in [3.8, 4) is 11.5 Å². The average Bonchev–Trinajstić information content (AvgIpc) is 2.95. The number of carbonyl (C=O) groups is 3. The maximum atomic E-state index is 12.7. The van der Waals surface area contributed by atoms with Gasteiger partial charge in [0.15, 0.2) is 0 Å². The fraction of sp³-hybridized carbons (Fsp3) is 0.450. The van der Waals surface area contributed by atoms with Crippen molar-refractivity contribution in [3.05, 3.63) is 28.7 Å². The lowest BCUT2D eigenvalue weighted by Gasteiger charge is -2.34. The number of imide groups is 1. The number of likely N-dealkylation sites (tertiary alicyclic amines) is 1. The summed E-state index contributed by atoms with van der Waals surface area (Å²) < 4.78 is 10.5. The van der Waals surface area contributed by atoms with Crippen LogP contribution in [0, 0.1) is 0 Å². The van der Waals surface area contributed by atoms with Crippen LogP contribution in [0.5, 0.6) is 11.5 Å². The molecule has 0 radical (unpaired) electrons. The highest BCUT2D eigenvalue weighted by molar-refractivity contribution is 8.18. The summed E-state index contributed by atoms with van der Waals surface area (Å²) in [6.07, 6.45) is 4.59. The fourth-order valence-electron chi connectivity index (χ4n) is 3.42. The summed E-state index contributed by atoms with van der Waals surface area (Å²) in [5.41, 5.74) is 0.628. The molecule has 0 unspecified atom stereocenters. The lowest BCUT2D eigenvalue weighted by atomic mass is 10.0. The molecule has 0 saturated carbocycles. The molecule has 150 valence electrons. The third-order valence-corrected chi connectivity index (χ3v) is 5.92. The van der Waals surface area contributed by atoms with Crippen LogP contribution in [0.15, 0.2) is 23.1 Å². The summed E-state index contributed by atoms with van der Waals surface area (Å²) in [6.45, 7) is 2.45. The summed E-state index contributed by atoms with van der Waals surface area (Å²) in [6, 6.07) is 5.35. The molecular weight excluding hydrogens is 380 g/mol. The van der Waals surface area contributed by atoms with Gasteiger partial charge in [0.1, 0.15) is 18.0 Å². The Hall–Kier alpha value is -2.48. The Labute approximate surface area is 168 Å². The van der Waals surface area contributed by atoms with Gasteiger partial charge in [-0.1, -0.05) is 0 Å². The van der Waals surface area contributed by atoms with Gasteiger partial charge in [-0.3, -0.25) is 19.3 Å². The van der Waals surface area contributed by atoms with E-state index in [4.69, 9.17) is 9.47 Å². The molecule has 3 amide bonds. The normalized spacial score (nSPS) is 21.4. The van der Waals surface area contributed by atoms with E-state index in [1.165, 1.54) is 7.11 Å². The number of thioether (sulfide) groups is 1. The topological polar surface area (TPSA) is 76.2 Å². The van der Waals surface area contributed by atoms with Crippen LogP contribution in [0.3, 0.4) is 0 Å². The molecule has 2 aliphatic heterocycles. The van der Waals surface area contributed by atoms with Crippen molar-refractivity contribution in [1.82, 2.24) is 9.80 Å². The SMILES string of the molecule is COc1ccc(OC)c(/C=C2\SC(=O)N(CC(=O)N3CCCC[C@@H]3C)C2=O)c1. The van der Waals surface area contributed by atoms with Crippen molar-refractivity contribution < 1.29 is 23.9 Å². The molecule has 0 bridgehead atoms. The number of nitrogens with zero attached hydrogens (tertiary/aromatic N) is 2. The molecular formula is C20H24N2O5S. The van der Waals surface area contributed by atoms with E-state index < -0.39 is 11.1 Å². The van der Waals surface area contributed by atoms with Crippen LogP contribution < -0.4 is 9.47 Å². The van der Waals surface area contributed by atoms with E-state index in [9.17, 15) is 14.4 Å². The molecule has 0 aromatic heterocycles. The van der Waals surface area contributed by atoms with Crippen LogP contribution >= 0.6 is 11.8 Å². The van der Waals surface area contributed by atoms with Gasteiger partial charge in [-0.2, -0.15) is 0 Å². The first-order valence-electron chi connectivity index (χ1n) is 9.21. The summed E-state index contributed by atoms with van der Waals surface area (Å²) >= 11 is 0.830. The van der Waals surface area contributed by atoms with E-state index in [2.05, 4.69) is 0 Å². The Kier molecular flexibility index (Phi) is 6.28. The minimum atomic E-state index is -0.460. The molecule has 8 heteroatoms. The third kappa shape index (κ3) is 4.16. The first-order chi connectivity index (χ1) is 13.4. The minimum absolute atomic E-state index is 0.137. The van der Waals surface area contributed by atoms with Crippen molar-refractivity contribution in [2.75, 3.05) is 27.3 Å². The van der Waals surface area contributed by atoms with Crippen molar-refractivity contribution >= 4 is 34.9 Å². The second-order valence-corrected chi connectivity index (χ2v) is 7.80. The zero-order valence-corrected chi connectivity index (χ0v) is 17.1. The smallest absolute Gasteiger partial charge is 0.294 e. The highest BCUT2D eigenvalue weighted by Gasteiger charge is 2.38. The predicted molar refractivity (Wildman–Crippen MR) is 107 cm³/mol. The molecule has 7 nitrogen and oxygen atoms in total. The lowest BCUT2D eigenvalue weighted by molar-refractivity contribution is -0.138. The molecule has 0 N–H and O–H groups in total. The first-order valence-corrected chi connectivity index (χ1v) is 10.0. The van der Waals surface area contributed by atoms with Crippen LogP contribution in [0.2, 0.25) is 0 Å². The fourth-order valence-corrected chi connectivity index (χ4v) is 4.25. The van der Waals surface area contributed by atoms with Crippen molar-refractivity contribution in [3.63, 3.8) is 0 Å². The van der Waals surface area contributed by atoms with Crippen LogP contribution in [-0.4, -0.2) is 60.2 Å². The number of ether oxygens (including phenoxy) is 2. The van der Waals surface area contributed by atoms with Gasteiger partial charge in [-0.15, -0.1) is 0 Å². The average molecular weight is 404 g/mol. The Morgan fingerprint density at radius 1 is 1.25 bits per heavy atom. The maximum Gasteiger partial charge on any atom is 0.294 e. The molecule has 1 aromatic rings. The zero-order chi connectivity index (χ0) is 20.3. The largest absolute Gasteiger partial charge is 0.497 e. The second kappa shape index (κ2) is 8.68. The van der Waals surface area contributed by atoms with Crippen LogP contribution in [0.25, 0.3) is 6.08 Å². The van der Waals surface area contributed by atoms with Crippen molar-refractivity contribution in [1.29, 1.82) is 0 Å². The number of hydrogen-bond acceptors (Lipinski definition) is 6. The molecule has 1 aromatic carbocycles. The molecule has 0 spiro atoms. The van der Waals surface area contributed by atoms with E-state index in [0.717, 1.165) is 35.9 Å². The van der Waals surface area contributed by atoms with Gasteiger partial charge in [-0.25, -0.2) is 0 Å².